The maximum absolute atomic E-state index is 11.7. The van der Waals surface area contributed by atoms with Crippen molar-refractivity contribution in [2.45, 2.75) is 19.8 Å². The quantitative estimate of drug-likeness (QED) is 0.591. The summed E-state index contributed by atoms with van der Waals surface area (Å²) in [6.45, 7) is 1.65. The number of benzene rings is 1. The first-order chi connectivity index (χ1) is 8.63. The zero-order valence-corrected chi connectivity index (χ0v) is 10.1. The van der Waals surface area contributed by atoms with Crippen LogP contribution in [0.2, 0.25) is 0 Å². The van der Waals surface area contributed by atoms with E-state index in [-0.39, 0.29) is 31.3 Å². The number of anilines is 1. The summed E-state index contributed by atoms with van der Waals surface area (Å²) in [5.74, 6) is 4.92. The molecule has 1 fully saturated rings. The Balaban J connectivity index is 2.49. The van der Waals surface area contributed by atoms with Gasteiger partial charge < -0.3 is 5.11 Å². The summed E-state index contributed by atoms with van der Waals surface area (Å²) in [6.07, 6.45) is 0.499. The summed E-state index contributed by atoms with van der Waals surface area (Å²) in [4.78, 5) is 24.6. The Labute approximate surface area is 105 Å². The van der Waals surface area contributed by atoms with Gasteiger partial charge in [0.25, 0.3) is 0 Å². The Hall–Kier alpha value is -2.12. The van der Waals surface area contributed by atoms with Gasteiger partial charge in [-0.25, -0.2) is 4.90 Å². The zero-order valence-electron chi connectivity index (χ0n) is 10.1. The second kappa shape index (κ2) is 5.03. The molecule has 1 heterocycles. The predicted octanol–water partition coefficient (Wildman–Crippen LogP) is 0.992. The third-order valence-electron chi connectivity index (χ3n) is 2.75. The summed E-state index contributed by atoms with van der Waals surface area (Å²) >= 11 is 0. The van der Waals surface area contributed by atoms with Crippen molar-refractivity contribution in [2.75, 3.05) is 11.5 Å². The highest BCUT2D eigenvalue weighted by atomic mass is 16.2. The Bertz CT molecular complexity index is 550. The van der Waals surface area contributed by atoms with Crippen LogP contribution in [0.1, 0.15) is 24.0 Å². The Morgan fingerprint density at radius 1 is 1.28 bits per heavy atom. The lowest BCUT2D eigenvalue weighted by molar-refractivity contribution is -0.121. The van der Waals surface area contributed by atoms with Crippen LogP contribution in [0.5, 0.6) is 0 Å². The van der Waals surface area contributed by atoms with E-state index < -0.39 is 0 Å². The van der Waals surface area contributed by atoms with Crippen molar-refractivity contribution in [1.29, 1.82) is 0 Å². The van der Waals surface area contributed by atoms with Gasteiger partial charge in [0, 0.05) is 18.4 Å². The summed E-state index contributed by atoms with van der Waals surface area (Å²) in [5.41, 5.74) is 2.08. The van der Waals surface area contributed by atoms with Crippen LogP contribution in [0.15, 0.2) is 18.2 Å². The molecule has 1 aromatic carbocycles. The maximum Gasteiger partial charge on any atom is 0.234 e. The lowest BCUT2D eigenvalue weighted by atomic mass is 10.1. The van der Waals surface area contributed by atoms with Gasteiger partial charge in [0.1, 0.15) is 6.61 Å². The van der Waals surface area contributed by atoms with Crippen LogP contribution in [-0.4, -0.2) is 23.5 Å². The molecule has 0 radical (unpaired) electrons. The highest BCUT2D eigenvalue weighted by Gasteiger charge is 2.31. The molecule has 0 aliphatic carbocycles. The first kappa shape index (κ1) is 12.3. The molecule has 2 amide bonds. The van der Waals surface area contributed by atoms with Gasteiger partial charge in [-0.1, -0.05) is 17.9 Å². The van der Waals surface area contributed by atoms with Gasteiger partial charge in [-0.2, -0.15) is 0 Å². The lowest BCUT2D eigenvalue weighted by Crippen LogP contribution is -2.29. The highest BCUT2D eigenvalue weighted by molar-refractivity contribution is 6.20. The molecule has 2 rings (SSSR count). The lowest BCUT2D eigenvalue weighted by Gasteiger charge is -2.16. The van der Waals surface area contributed by atoms with Crippen molar-refractivity contribution >= 4 is 17.5 Å². The number of rotatable bonds is 1. The smallest absolute Gasteiger partial charge is 0.234 e. The number of nitrogens with zero attached hydrogens (tertiary/aromatic N) is 1. The van der Waals surface area contributed by atoms with Crippen LogP contribution >= 0.6 is 0 Å². The number of hydrogen-bond acceptors (Lipinski definition) is 3. The number of carbonyl (C=O) groups is 2. The average molecular weight is 243 g/mol. The van der Waals surface area contributed by atoms with Crippen molar-refractivity contribution in [3.63, 3.8) is 0 Å². The summed E-state index contributed by atoms with van der Waals surface area (Å²) in [5, 5.41) is 8.74. The molecular weight excluding hydrogens is 230 g/mol. The van der Waals surface area contributed by atoms with E-state index in [0.717, 1.165) is 5.56 Å². The number of carbonyl (C=O) groups excluding carboxylic acids is 2. The molecule has 1 saturated heterocycles. The van der Waals surface area contributed by atoms with Gasteiger partial charge in [0.05, 0.1) is 5.69 Å². The van der Waals surface area contributed by atoms with Crippen LogP contribution in [0, 0.1) is 18.8 Å². The molecule has 0 aromatic heterocycles. The summed E-state index contributed by atoms with van der Waals surface area (Å²) < 4.78 is 0. The molecule has 0 saturated carbocycles. The molecule has 1 aliphatic rings. The van der Waals surface area contributed by atoms with Gasteiger partial charge in [0.2, 0.25) is 11.8 Å². The van der Waals surface area contributed by atoms with E-state index in [4.69, 9.17) is 5.11 Å². The van der Waals surface area contributed by atoms with Gasteiger partial charge in [0.15, 0.2) is 0 Å². The standard InChI is InChI=1S/C14H13NO3/c1-10-4-5-12(11(9-10)3-2-8-16)15-13(17)6-7-14(15)18/h4-5,9,16H,6-8H2,1H3. The highest BCUT2D eigenvalue weighted by Crippen LogP contribution is 2.26. The van der Waals surface area contributed by atoms with Crippen LogP contribution in [0.4, 0.5) is 5.69 Å². The van der Waals surface area contributed by atoms with Crippen LogP contribution < -0.4 is 4.90 Å². The summed E-state index contributed by atoms with van der Waals surface area (Å²) in [6, 6.07) is 5.35. The molecule has 4 nitrogen and oxygen atoms in total. The van der Waals surface area contributed by atoms with E-state index in [0.29, 0.717) is 11.3 Å². The average Bonchev–Trinajstić information content (AvgIpc) is 2.67. The number of imide groups is 1. The van der Waals surface area contributed by atoms with E-state index in [1.54, 1.807) is 12.1 Å². The Morgan fingerprint density at radius 2 is 1.94 bits per heavy atom. The summed E-state index contributed by atoms with van der Waals surface area (Å²) in [7, 11) is 0. The second-order valence-corrected chi connectivity index (χ2v) is 4.10. The van der Waals surface area contributed by atoms with E-state index in [1.807, 2.05) is 13.0 Å². The fourth-order valence-electron chi connectivity index (χ4n) is 1.92. The van der Waals surface area contributed by atoms with Crippen molar-refractivity contribution < 1.29 is 14.7 Å². The van der Waals surface area contributed by atoms with E-state index in [1.165, 1.54) is 4.90 Å². The Morgan fingerprint density at radius 3 is 2.56 bits per heavy atom. The van der Waals surface area contributed by atoms with Gasteiger partial charge >= 0.3 is 0 Å². The monoisotopic (exact) mass is 243 g/mol. The minimum atomic E-state index is -0.255. The number of aryl methyl sites for hydroxylation is 1. The van der Waals surface area contributed by atoms with E-state index in [2.05, 4.69) is 11.8 Å². The van der Waals surface area contributed by atoms with Gasteiger partial charge in [-0.05, 0) is 24.6 Å². The maximum atomic E-state index is 11.7. The first-order valence-corrected chi connectivity index (χ1v) is 5.69. The molecule has 4 heteroatoms. The number of aliphatic hydroxyl groups excluding tert-OH is 1. The third-order valence-corrected chi connectivity index (χ3v) is 2.75. The molecule has 18 heavy (non-hydrogen) atoms. The zero-order chi connectivity index (χ0) is 13.1. The molecule has 1 aliphatic heterocycles. The number of hydrogen-bond donors (Lipinski definition) is 1. The first-order valence-electron chi connectivity index (χ1n) is 5.69. The molecule has 1 N–H and O–H groups in total. The Kier molecular flexibility index (Phi) is 3.45. The molecule has 0 atom stereocenters. The molecular formula is C14H13NO3. The molecule has 92 valence electrons. The predicted molar refractivity (Wildman–Crippen MR) is 66.9 cm³/mol. The van der Waals surface area contributed by atoms with Crippen LogP contribution in [-0.2, 0) is 9.59 Å². The molecule has 1 aromatic rings. The van der Waals surface area contributed by atoms with E-state index >= 15 is 0 Å². The van der Waals surface area contributed by atoms with Crippen molar-refractivity contribution in [1.82, 2.24) is 0 Å². The van der Waals surface area contributed by atoms with Gasteiger partial charge in [-0.15, -0.1) is 0 Å². The minimum absolute atomic E-state index is 0.198. The SMILES string of the molecule is Cc1ccc(N2C(=O)CCC2=O)c(C#CCO)c1. The fraction of sp³-hybridized carbons (Fsp3) is 0.286. The van der Waals surface area contributed by atoms with E-state index in [9.17, 15) is 9.59 Å². The normalized spacial score (nSPS) is 14.7. The number of aliphatic hydroxyl groups is 1. The minimum Gasteiger partial charge on any atom is -0.384 e. The number of amides is 2. The van der Waals surface area contributed by atoms with Crippen LogP contribution in [0.3, 0.4) is 0 Å². The largest absolute Gasteiger partial charge is 0.384 e. The fourth-order valence-corrected chi connectivity index (χ4v) is 1.92. The van der Waals surface area contributed by atoms with Crippen molar-refractivity contribution in [2.24, 2.45) is 0 Å². The van der Waals surface area contributed by atoms with Crippen LogP contribution in [0.25, 0.3) is 0 Å². The molecule has 0 unspecified atom stereocenters. The molecule has 0 spiro atoms. The molecule has 0 bridgehead atoms. The van der Waals surface area contributed by atoms with Gasteiger partial charge in [-0.3, -0.25) is 9.59 Å². The second-order valence-electron chi connectivity index (χ2n) is 4.10. The van der Waals surface area contributed by atoms with Crippen molar-refractivity contribution in [3.8, 4) is 11.8 Å². The third kappa shape index (κ3) is 2.27. The topological polar surface area (TPSA) is 57.6 Å². The van der Waals surface area contributed by atoms with Crippen molar-refractivity contribution in [3.05, 3.63) is 29.3 Å².